The summed E-state index contributed by atoms with van der Waals surface area (Å²) >= 11 is 0. The van der Waals surface area contributed by atoms with Crippen LogP contribution in [0.5, 0.6) is 0 Å². The minimum absolute atomic E-state index is 0.356. The molecule has 106 valence electrons. The van der Waals surface area contributed by atoms with Crippen molar-refractivity contribution in [3.63, 3.8) is 0 Å². The van der Waals surface area contributed by atoms with E-state index in [0.29, 0.717) is 12.5 Å². The fourth-order valence-electron chi connectivity index (χ4n) is 2.48. The summed E-state index contributed by atoms with van der Waals surface area (Å²) in [4.78, 5) is 10.3. The summed E-state index contributed by atoms with van der Waals surface area (Å²) < 4.78 is 4.65. The molecule has 1 aromatic carbocycles. The largest absolute Gasteiger partial charge is 0.505 e. The highest BCUT2D eigenvalue weighted by atomic mass is 28.2. The molecular formula is C16H20O3Si. The number of rotatable bonds is 5. The van der Waals surface area contributed by atoms with Crippen LogP contribution in [0.3, 0.4) is 0 Å². The van der Waals surface area contributed by atoms with Gasteiger partial charge in [0.25, 0.3) is 0 Å². The van der Waals surface area contributed by atoms with E-state index in [-0.39, 0.29) is 0 Å². The van der Waals surface area contributed by atoms with Crippen LogP contribution in [0.2, 0.25) is 6.04 Å². The van der Waals surface area contributed by atoms with Gasteiger partial charge < -0.3 is 9.84 Å². The summed E-state index contributed by atoms with van der Waals surface area (Å²) in [6.45, 7) is 0.356. The smallest absolute Gasteiger partial charge is 0.450 e. The van der Waals surface area contributed by atoms with Crippen LogP contribution in [0.25, 0.3) is 0 Å². The maximum atomic E-state index is 10.3. The van der Waals surface area contributed by atoms with E-state index in [1.807, 2.05) is 6.07 Å². The molecule has 0 aromatic heterocycles. The Hall–Kier alpha value is -1.55. The van der Waals surface area contributed by atoms with Crippen molar-refractivity contribution in [3.8, 4) is 0 Å². The van der Waals surface area contributed by atoms with E-state index in [1.165, 1.54) is 10.8 Å². The fourth-order valence-corrected chi connectivity index (χ4v) is 3.53. The number of ether oxygens (including phenoxy) is 1. The molecule has 1 N–H and O–H groups in total. The lowest BCUT2D eigenvalue weighted by Crippen LogP contribution is -2.17. The first-order chi connectivity index (χ1) is 9.74. The maximum Gasteiger partial charge on any atom is 0.505 e. The van der Waals surface area contributed by atoms with Crippen molar-refractivity contribution in [2.24, 2.45) is 5.92 Å². The Morgan fingerprint density at radius 3 is 2.65 bits per heavy atom. The van der Waals surface area contributed by atoms with Gasteiger partial charge in [-0.3, -0.25) is 0 Å². The topological polar surface area (TPSA) is 46.5 Å². The molecule has 3 nitrogen and oxygen atoms in total. The molecule has 2 rings (SSSR count). The molecule has 1 aliphatic rings. The lowest BCUT2D eigenvalue weighted by molar-refractivity contribution is 0.0723. The summed E-state index contributed by atoms with van der Waals surface area (Å²) in [7, 11) is 0.841. The van der Waals surface area contributed by atoms with Gasteiger partial charge in [0.05, 0.1) is 16.1 Å². The molecule has 2 radical (unpaired) electrons. The lowest BCUT2D eigenvalue weighted by Gasteiger charge is -2.23. The van der Waals surface area contributed by atoms with Crippen molar-refractivity contribution in [1.29, 1.82) is 0 Å². The molecule has 1 aromatic rings. The number of carboxylic acid groups (broad SMARTS) is 1. The third-order valence-corrected chi connectivity index (χ3v) is 4.81. The van der Waals surface area contributed by atoms with E-state index < -0.39 is 6.16 Å². The van der Waals surface area contributed by atoms with Gasteiger partial charge in [-0.1, -0.05) is 47.2 Å². The van der Waals surface area contributed by atoms with E-state index in [4.69, 9.17) is 5.11 Å². The van der Waals surface area contributed by atoms with Gasteiger partial charge in [-0.05, 0) is 37.6 Å². The molecule has 1 saturated carbocycles. The van der Waals surface area contributed by atoms with Crippen LogP contribution >= 0.6 is 0 Å². The van der Waals surface area contributed by atoms with E-state index in [0.717, 1.165) is 41.2 Å². The average molecular weight is 288 g/mol. The normalized spacial score (nSPS) is 18.6. The van der Waals surface area contributed by atoms with Gasteiger partial charge >= 0.3 is 6.16 Å². The predicted octanol–water partition coefficient (Wildman–Crippen LogP) is 3.25. The van der Waals surface area contributed by atoms with Gasteiger partial charge in [0, 0.05) is 0 Å². The van der Waals surface area contributed by atoms with Gasteiger partial charge in [0.1, 0.15) is 0 Å². The van der Waals surface area contributed by atoms with Gasteiger partial charge in [0.2, 0.25) is 0 Å². The number of hydrogen-bond donors (Lipinski definition) is 1. The molecule has 0 spiro atoms. The van der Waals surface area contributed by atoms with Gasteiger partial charge in [0.15, 0.2) is 0 Å². The van der Waals surface area contributed by atoms with Crippen molar-refractivity contribution < 1.29 is 14.6 Å². The first-order valence-electron chi connectivity index (χ1n) is 7.06. The molecule has 4 heteroatoms. The minimum Gasteiger partial charge on any atom is -0.450 e. The number of allylic oxidation sites excluding steroid dienone is 2. The molecule has 1 aliphatic carbocycles. The maximum absolute atomic E-state index is 10.3. The third-order valence-electron chi connectivity index (χ3n) is 3.66. The molecular weight excluding hydrogens is 268 g/mol. The predicted molar refractivity (Wildman–Crippen MR) is 80.7 cm³/mol. The van der Waals surface area contributed by atoms with E-state index in [1.54, 1.807) is 0 Å². The monoisotopic (exact) mass is 288 g/mol. The molecule has 0 aliphatic heterocycles. The summed E-state index contributed by atoms with van der Waals surface area (Å²) in [6.07, 6.45) is 5.50. The van der Waals surface area contributed by atoms with Crippen LogP contribution in [0.15, 0.2) is 42.0 Å². The number of hydrogen-bond acceptors (Lipinski definition) is 2. The zero-order chi connectivity index (χ0) is 14.2. The van der Waals surface area contributed by atoms with Gasteiger partial charge in [-0.15, -0.1) is 0 Å². The van der Waals surface area contributed by atoms with Gasteiger partial charge in [-0.2, -0.15) is 0 Å². The van der Waals surface area contributed by atoms with Crippen molar-refractivity contribution in [3.05, 3.63) is 42.0 Å². The van der Waals surface area contributed by atoms with Crippen molar-refractivity contribution in [2.45, 2.75) is 31.7 Å². The number of benzene rings is 1. The minimum atomic E-state index is -1.16. The summed E-state index contributed by atoms with van der Waals surface area (Å²) in [5.41, 5.74) is 1.53. The number of carbonyl (C=O) groups is 1. The second kappa shape index (κ2) is 7.90. The van der Waals surface area contributed by atoms with Crippen molar-refractivity contribution in [1.82, 2.24) is 0 Å². The van der Waals surface area contributed by atoms with Crippen molar-refractivity contribution >= 4 is 20.9 Å². The quantitative estimate of drug-likeness (QED) is 0.514. The van der Waals surface area contributed by atoms with Crippen LogP contribution in [0.4, 0.5) is 4.79 Å². The molecule has 0 saturated heterocycles. The third kappa shape index (κ3) is 5.21. The SMILES string of the molecule is O=C(O)OCC1CCC(=CC[Si]c2ccccc2)CC1. The lowest BCUT2D eigenvalue weighted by atomic mass is 9.86. The van der Waals surface area contributed by atoms with Crippen LogP contribution in [-0.4, -0.2) is 27.4 Å². The molecule has 0 heterocycles. The first kappa shape index (κ1) is 14.8. The van der Waals surface area contributed by atoms with Crippen LogP contribution in [-0.2, 0) is 4.74 Å². The molecule has 0 amide bonds. The Morgan fingerprint density at radius 2 is 2.00 bits per heavy atom. The Balaban J connectivity index is 1.68. The molecule has 20 heavy (non-hydrogen) atoms. The Labute approximate surface area is 122 Å². The first-order valence-corrected chi connectivity index (χ1v) is 8.27. The highest BCUT2D eigenvalue weighted by Crippen LogP contribution is 2.28. The molecule has 0 bridgehead atoms. The standard InChI is InChI=1S/C16H20O3Si/c17-16(18)19-12-14-8-6-13(7-9-14)10-11-20-15-4-2-1-3-5-15/h1-5,10,14H,6-9,11-12H2,(H,17,18). The Morgan fingerprint density at radius 1 is 1.30 bits per heavy atom. The van der Waals surface area contributed by atoms with E-state index >= 15 is 0 Å². The van der Waals surface area contributed by atoms with E-state index in [9.17, 15) is 4.79 Å². The van der Waals surface area contributed by atoms with Crippen LogP contribution < -0.4 is 5.19 Å². The zero-order valence-electron chi connectivity index (χ0n) is 11.5. The summed E-state index contributed by atoms with van der Waals surface area (Å²) in [6, 6.07) is 11.7. The summed E-state index contributed by atoms with van der Waals surface area (Å²) in [5.74, 6) is 0.403. The van der Waals surface area contributed by atoms with E-state index in [2.05, 4.69) is 35.1 Å². The summed E-state index contributed by atoms with van der Waals surface area (Å²) in [5, 5.41) is 9.90. The highest BCUT2D eigenvalue weighted by molar-refractivity contribution is 6.53. The zero-order valence-corrected chi connectivity index (χ0v) is 12.5. The molecule has 0 unspecified atom stereocenters. The highest BCUT2D eigenvalue weighted by Gasteiger charge is 2.17. The van der Waals surface area contributed by atoms with Crippen molar-refractivity contribution in [2.75, 3.05) is 6.61 Å². The molecule has 0 atom stereocenters. The van der Waals surface area contributed by atoms with Gasteiger partial charge in [-0.25, -0.2) is 4.79 Å². The van der Waals surface area contributed by atoms with Crippen LogP contribution in [0.1, 0.15) is 25.7 Å². The fraction of sp³-hybridized carbons (Fsp3) is 0.438. The van der Waals surface area contributed by atoms with Crippen LogP contribution in [0, 0.1) is 5.92 Å². The Kier molecular flexibility index (Phi) is 5.86. The second-order valence-electron chi connectivity index (χ2n) is 5.13. The molecule has 1 fully saturated rings. The Bertz CT molecular complexity index is 446. The second-order valence-corrected chi connectivity index (χ2v) is 6.47. The average Bonchev–Trinajstić information content (AvgIpc) is 2.47.